The van der Waals surface area contributed by atoms with Gasteiger partial charge in [0.15, 0.2) is 5.13 Å². The lowest BCUT2D eigenvalue weighted by Crippen LogP contribution is -1.92. The predicted molar refractivity (Wildman–Crippen MR) is 154 cm³/mol. The Balaban J connectivity index is 1.42. The normalized spacial score (nSPS) is 12.4. The van der Waals surface area contributed by atoms with E-state index in [2.05, 4.69) is 89.5 Å². The number of rotatable bonds is 1. The standard InChI is InChI=1S/C31H16N2OS2/c1-4-10-22-17(7-1)20-15-21-18-8-3-6-12-26(18)35-28(21)16-23(20)33(22)31-32-30-27(36-31)14-13-25-29(30)19-9-2-5-11-24(19)34-25/h1-16H. The van der Waals surface area contributed by atoms with Crippen LogP contribution in [0.3, 0.4) is 0 Å². The minimum atomic E-state index is 0.884. The fraction of sp³-hybridized carbons (Fsp3) is 0. The highest BCUT2D eigenvalue weighted by molar-refractivity contribution is 7.26. The zero-order chi connectivity index (χ0) is 23.4. The fourth-order valence-electron chi connectivity index (χ4n) is 5.68. The van der Waals surface area contributed by atoms with Crippen LogP contribution in [0.2, 0.25) is 0 Å². The Morgan fingerprint density at radius 3 is 2.31 bits per heavy atom. The number of thiophene rings is 1. The van der Waals surface area contributed by atoms with E-state index in [-0.39, 0.29) is 0 Å². The Hall–Kier alpha value is -4.19. The fourth-order valence-corrected chi connectivity index (χ4v) is 7.80. The van der Waals surface area contributed by atoms with Gasteiger partial charge in [0.25, 0.3) is 0 Å². The lowest BCUT2D eigenvalue weighted by Gasteiger charge is -2.03. The van der Waals surface area contributed by atoms with Gasteiger partial charge in [-0.05, 0) is 42.5 Å². The van der Waals surface area contributed by atoms with Crippen molar-refractivity contribution in [2.45, 2.75) is 0 Å². The van der Waals surface area contributed by atoms with Gasteiger partial charge in [-0.15, -0.1) is 11.3 Å². The summed E-state index contributed by atoms with van der Waals surface area (Å²) in [6, 6.07) is 34.5. The van der Waals surface area contributed by atoms with Crippen LogP contribution in [-0.4, -0.2) is 9.55 Å². The van der Waals surface area contributed by atoms with Crippen LogP contribution in [0.4, 0.5) is 0 Å². The second kappa shape index (κ2) is 6.72. The van der Waals surface area contributed by atoms with Gasteiger partial charge in [0.1, 0.15) is 11.2 Å². The Morgan fingerprint density at radius 1 is 0.556 bits per heavy atom. The predicted octanol–water partition coefficient (Wildman–Crippen LogP) is 9.66. The molecule has 5 aromatic carbocycles. The summed E-state index contributed by atoms with van der Waals surface area (Å²) in [5, 5.41) is 8.35. The first kappa shape index (κ1) is 19.1. The van der Waals surface area contributed by atoms with Gasteiger partial charge in [-0.3, -0.25) is 4.57 Å². The average molecular weight is 497 g/mol. The lowest BCUT2D eigenvalue weighted by atomic mass is 10.1. The van der Waals surface area contributed by atoms with Gasteiger partial charge in [-0.25, -0.2) is 4.98 Å². The molecular formula is C31H16N2OS2. The second-order valence-electron chi connectivity index (χ2n) is 9.20. The first-order valence-corrected chi connectivity index (χ1v) is 13.5. The Kier molecular flexibility index (Phi) is 3.56. The maximum atomic E-state index is 6.14. The SMILES string of the molecule is c1ccc2c(c1)oc1ccc3sc(-n4c5ccccc5c5cc6c(cc54)sc4ccccc46)nc3c12. The van der Waals surface area contributed by atoms with E-state index >= 15 is 0 Å². The molecule has 0 aliphatic rings. The highest BCUT2D eigenvalue weighted by Crippen LogP contribution is 2.42. The quantitative estimate of drug-likeness (QED) is 0.226. The molecule has 5 heteroatoms. The van der Waals surface area contributed by atoms with Crippen molar-refractivity contribution in [1.29, 1.82) is 0 Å². The molecule has 0 aliphatic heterocycles. The summed E-state index contributed by atoms with van der Waals surface area (Å²) in [7, 11) is 0. The molecule has 3 nitrogen and oxygen atoms in total. The molecule has 0 saturated carbocycles. The smallest absolute Gasteiger partial charge is 0.195 e. The maximum absolute atomic E-state index is 6.14. The summed E-state index contributed by atoms with van der Waals surface area (Å²) in [5.74, 6) is 0. The van der Waals surface area contributed by atoms with E-state index in [0.29, 0.717) is 0 Å². The van der Waals surface area contributed by atoms with Crippen molar-refractivity contribution in [3.63, 3.8) is 0 Å². The molecule has 0 fully saturated rings. The first-order valence-electron chi connectivity index (χ1n) is 11.9. The molecule has 0 N–H and O–H groups in total. The molecule has 4 aromatic heterocycles. The molecule has 0 spiro atoms. The highest BCUT2D eigenvalue weighted by Gasteiger charge is 2.19. The minimum Gasteiger partial charge on any atom is -0.456 e. The number of hydrogen-bond donors (Lipinski definition) is 0. The summed E-state index contributed by atoms with van der Waals surface area (Å²) in [4.78, 5) is 5.25. The maximum Gasteiger partial charge on any atom is 0.195 e. The number of aromatic nitrogens is 2. The van der Waals surface area contributed by atoms with Gasteiger partial charge in [-0.1, -0.05) is 65.9 Å². The summed E-state index contributed by atoms with van der Waals surface area (Å²) in [6.07, 6.45) is 0. The van der Waals surface area contributed by atoms with Crippen LogP contribution in [0, 0.1) is 0 Å². The molecule has 9 rings (SSSR count). The van der Waals surface area contributed by atoms with Crippen LogP contribution in [0.5, 0.6) is 0 Å². The molecule has 36 heavy (non-hydrogen) atoms. The van der Waals surface area contributed by atoms with Crippen LogP contribution < -0.4 is 0 Å². The molecular weight excluding hydrogens is 480 g/mol. The third-order valence-corrected chi connectivity index (χ3v) is 9.39. The number of furan rings is 1. The molecule has 0 aliphatic carbocycles. The number of para-hydroxylation sites is 2. The van der Waals surface area contributed by atoms with Crippen LogP contribution in [-0.2, 0) is 0 Å². The average Bonchev–Trinajstić information content (AvgIpc) is 3.66. The van der Waals surface area contributed by atoms with Gasteiger partial charge in [-0.2, -0.15) is 0 Å². The first-order chi connectivity index (χ1) is 17.8. The van der Waals surface area contributed by atoms with E-state index < -0.39 is 0 Å². The van der Waals surface area contributed by atoms with Crippen LogP contribution in [0.25, 0.3) is 79.3 Å². The third-order valence-electron chi connectivity index (χ3n) is 7.25. The summed E-state index contributed by atoms with van der Waals surface area (Å²) in [5.41, 5.74) is 5.17. The van der Waals surface area contributed by atoms with Gasteiger partial charge >= 0.3 is 0 Å². The number of nitrogens with zero attached hydrogens (tertiary/aromatic N) is 2. The van der Waals surface area contributed by atoms with Gasteiger partial charge < -0.3 is 4.42 Å². The van der Waals surface area contributed by atoms with Crippen LogP contribution in [0.15, 0.2) is 101 Å². The summed E-state index contributed by atoms with van der Waals surface area (Å²) >= 11 is 3.59. The Labute approximate surface area is 212 Å². The van der Waals surface area contributed by atoms with E-state index in [1.807, 2.05) is 23.5 Å². The Bertz CT molecular complexity index is 2330. The molecule has 168 valence electrons. The van der Waals surface area contributed by atoms with Gasteiger partial charge in [0.05, 0.1) is 26.6 Å². The highest BCUT2D eigenvalue weighted by atomic mass is 32.1. The number of fused-ring (bicyclic) bond motifs is 11. The van der Waals surface area contributed by atoms with Gasteiger partial charge in [0, 0.05) is 36.3 Å². The second-order valence-corrected chi connectivity index (χ2v) is 11.3. The topological polar surface area (TPSA) is 31.0 Å². The summed E-state index contributed by atoms with van der Waals surface area (Å²) in [6.45, 7) is 0. The molecule has 4 heterocycles. The lowest BCUT2D eigenvalue weighted by molar-refractivity contribution is 0.669. The minimum absolute atomic E-state index is 0.884. The van der Waals surface area contributed by atoms with E-state index in [0.717, 1.165) is 37.3 Å². The van der Waals surface area contributed by atoms with E-state index in [1.165, 1.54) is 42.0 Å². The van der Waals surface area contributed by atoms with E-state index in [1.54, 1.807) is 11.3 Å². The van der Waals surface area contributed by atoms with Crippen molar-refractivity contribution in [1.82, 2.24) is 9.55 Å². The molecule has 0 bridgehead atoms. The van der Waals surface area contributed by atoms with Crippen molar-refractivity contribution in [2.24, 2.45) is 0 Å². The zero-order valence-corrected chi connectivity index (χ0v) is 20.5. The van der Waals surface area contributed by atoms with Crippen molar-refractivity contribution >= 4 is 96.8 Å². The van der Waals surface area contributed by atoms with Crippen LogP contribution in [0.1, 0.15) is 0 Å². The number of benzene rings is 5. The molecule has 0 unspecified atom stereocenters. The molecule has 0 atom stereocenters. The summed E-state index contributed by atoms with van der Waals surface area (Å²) < 4.78 is 12.3. The van der Waals surface area contributed by atoms with E-state index in [4.69, 9.17) is 9.40 Å². The molecule has 0 radical (unpaired) electrons. The van der Waals surface area contributed by atoms with Crippen molar-refractivity contribution < 1.29 is 4.42 Å². The molecule has 0 saturated heterocycles. The van der Waals surface area contributed by atoms with Crippen molar-refractivity contribution in [3.8, 4) is 5.13 Å². The monoisotopic (exact) mass is 496 g/mol. The zero-order valence-electron chi connectivity index (χ0n) is 18.9. The van der Waals surface area contributed by atoms with Crippen molar-refractivity contribution in [3.05, 3.63) is 97.1 Å². The van der Waals surface area contributed by atoms with E-state index in [9.17, 15) is 0 Å². The molecule has 0 amide bonds. The Morgan fingerprint density at radius 2 is 1.36 bits per heavy atom. The largest absolute Gasteiger partial charge is 0.456 e. The number of thiazole rings is 1. The van der Waals surface area contributed by atoms with Crippen LogP contribution >= 0.6 is 22.7 Å². The van der Waals surface area contributed by atoms with Crippen molar-refractivity contribution in [2.75, 3.05) is 0 Å². The third kappa shape index (κ3) is 2.39. The molecule has 9 aromatic rings. The van der Waals surface area contributed by atoms with Gasteiger partial charge in [0.2, 0.25) is 0 Å². The number of hydrogen-bond acceptors (Lipinski definition) is 4.